The molecule has 0 amide bonds. The molecule has 0 radical (unpaired) electrons. The molecule has 0 atom stereocenters. The fourth-order valence-corrected chi connectivity index (χ4v) is 6.62. The molecule has 41 heavy (non-hydrogen) atoms. The summed E-state index contributed by atoms with van der Waals surface area (Å²) < 4.78 is 7.53. The fourth-order valence-electron chi connectivity index (χ4n) is 6.42. The third kappa shape index (κ3) is 4.60. The first kappa shape index (κ1) is 25.9. The van der Waals surface area contributed by atoms with E-state index >= 15 is 0 Å². The van der Waals surface area contributed by atoms with Crippen molar-refractivity contribution in [3.8, 4) is 23.1 Å². The lowest BCUT2D eigenvalue weighted by molar-refractivity contribution is -0.0436. The van der Waals surface area contributed by atoms with Crippen molar-refractivity contribution in [2.24, 2.45) is 0 Å². The van der Waals surface area contributed by atoms with Crippen molar-refractivity contribution in [3.05, 3.63) is 66.0 Å². The van der Waals surface area contributed by atoms with E-state index < -0.39 is 0 Å². The summed E-state index contributed by atoms with van der Waals surface area (Å²) in [6.45, 7) is 4.36. The first-order chi connectivity index (χ1) is 20.1. The zero-order valence-electron chi connectivity index (χ0n) is 22.8. The highest BCUT2D eigenvalue weighted by molar-refractivity contribution is 6.30. The summed E-state index contributed by atoms with van der Waals surface area (Å²) >= 11 is 6.58. The highest BCUT2D eigenvalue weighted by Crippen LogP contribution is 2.37. The van der Waals surface area contributed by atoms with E-state index in [0.717, 1.165) is 90.1 Å². The second kappa shape index (κ2) is 10.4. The highest BCUT2D eigenvalue weighted by atomic mass is 35.5. The van der Waals surface area contributed by atoms with E-state index in [2.05, 4.69) is 41.9 Å². The number of ether oxygens (including phenoxy) is 1. The van der Waals surface area contributed by atoms with Crippen molar-refractivity contribution in [1.82, 2.24) is 39.5 Å². The van der Waals surface area contributed by atoms with Gasteiger partial charge in [-0.25, -0.2) is 15.0 Å². The van der Waals surface area contributed by atoms with Crippen LogP contribution in [-0.2, 0) is 12.1 Å². The lowest BCUT2D eigenvalue weighted by atomic mass is 9.83. The summed E-state index contributed by atoms with van der Waals surface area (Å²) in [6, 6.07) is 12.8. The summed E-state index contributed by atoms with van der Waals surface area (Å²) in [5, 5.41) is 16.9. The second-order valence-electron chi connectivity index (χ2n) is 11.1. The van der Waals surface area contributed by atoms with Crippen molar-refractivity contribution in [3.63, 3.8) is 0 Å². The minimum absolute atomic E-state index is 0.322. The van der Waals surface area contributed by atoms with E-state index in [0.29, 0.717) is 17.6 Å². The number of nitriles is 1. The number of likely N-dealkylation sites (tertiary alicyclic amines) is 2. The van der Waals surface area contributed by atoms with Crippen molar-refractivity contribution in [2.75, 3.05) is 33.3 Å². The van der Waals surface area contributed by atoms with Crippen LogP contribution in [0.4, 0.5) is 0 Å². The van der Waals surface area contributed by atoms with Crippen LogP contribution < -0.4 is 4.74 Å². The van der Waals surface area contributed by atoms with Crippen LogP contribution in [0.25, 0.3) is 33.2 Å². The van der Waals surface area contributed by atoms with Gasteiger partial charge in [-0.1, -0.05) is 17.7 Å². The summed E-state index contributed by atoms with van der Waals surface area (Å²) in [6.07, 6.45) is 9.87. The van der Waals surface area contributed by atoms with Crippen LogP contribution in [0.15, 0.2) is 55.2 Å². The van der Waals surface area contributed by atoms with Crippen molar-refractivity contribution < 1.29 is 4.74 Å². The lowest BCUT2D eigenvalue weighted by Crippen LogP contribution is -2.66. The van der Waals surface area contributed by atoms with Gasteiger partial charge in [-0.15, -0.1) is 0 Å². The Bertz CT molecular complexity index is 1760. The van der Waals surface area contributed by atoms with Gasteiger partial charge in [0.1, 0.15) is 28.4 Å². The minimum atomic E-state index is -0.322. The number of nitrogens with one attached hydrogen (secondary N) is 1. The second-order valence-corrected chi connectivity index (χ2v) is 11.4. The fraction of sp³-hybridized carbons (Fsp3) is 0.367. The minimum Gasteiger partial charge on any atom is -0.496 e. The molecular formula is C30H30ClN9O. The van der Waals surface area contributed by atoms with Gasteiger partial charge in [-0.05, 0) is 50.2 Å². The number of fused-ring (bicyclic) bond motifs is 2. The van der Waals surface area contributed by atoms with Gasteiger partial charge in [0.05, 0.1) is 37.0 Å². The van der Waals surface area contributed by atoms with Crippen LogP contribution in [0.5, 0.6) is 5.75 Å². The maximum absolute atomic E-state index is 9.69. The monoisotopic (exact) mass is 567 g/mol. The summed E-state index contributed by atoms with van der Waals surface area (Å²) in [5.41, 5.74) is 4.12. The molecule has 2 fully saturated rings. The Hall–Kier alpha value is -4.04. The number of H-pyrrole nitrogens is 1. The molecule has 6 heterocycles. The van der Waals surface area contributed by atoms with Crippen LogP contribution in [0.3, 0.4) is 0 Å². The number of nitrogens with zero attached hydrogens (tertiary/aromatic N) is 8. The van der Waals surface area contributed by atoms with Crippen LogP contribution in [-0.4, -0.2) is 78.8 Å². The third-order valence-electron chi connectivity index (χ3n) is 8.63. The van der Waals surface area contributed by atoms with Gasteiger partial charge in [0, 0.05) is 60.0 Å². The van der Waals surface area contributed by atoms with E-state index in [1.165, 1.54) is 0 Å². The molecule has 7 rings (SSSR count). The molecule has 0 bridgehead atoms. The van der Waals surface area contributed by atoms with Gasteiger partial charge in [0.2, 0.25) is 0 Å². The molecular weight excluding hydrogens is 538 g/mol. The van der Waals surface area contributed by atoms with Gasteiger partial charge < -0.3 is 9.72 Å². The Kier molecular flexibility index (Phi) is 6.58. The summed E-state index contributed by atoms with van der Waals surface area (Å²) in [4.78, 5) is 21.5. The largest absolute Gasteiger partial charge is 0.496 e. The highest BCUT2D eigenvalue weighted by Gasteiger charge is 2.48. The number of aromatic nitrogens is 6. The van der Waals surface area contributed by atoms with E-state index in [1.807, 2.05) is 47.5 Å². The van der Waals surface area contributed by atoms with Crippen LogP contribution in [0, 0.1) is 11.3 Å². The van der Waals surface area contributed by atoms with Crippen LogP contribution in [0.1, 0.15) is 24.8 Å². The SMILES string of the molecule is COc1cccc2nc(Cl)c(CN3CCC(N4CC(CC#N)(n5cc(-c6ncnc7[nH]ccc67)cn5)C4)CC3)cc12. The Balaban J connectivity index is 1.01. The Labute approximate surface area is 242 Å². The molecule has 0 saturated carbocycles. The van der Waals surface area contributed by atoms with E-state index in [4.69, 9.17) is 21.4 Å². The smallest absolute Gasteiger partial charge is 0.141 e. The molecule has 0 aliphatic carbocycles. The number of benzene rings is 1. The predicted molar refractivity (Wildman–Crippen MR) is 156 cm³/mol. The van der Waals surface area contributed by atoms with Crippen molar-refractivity contribution in [2.45, 2.75) is 37.4 Å². The maximum Gasteiger partial charge on any atom is 0.141 e. The normalized spacial score (nSPS) is 18.0. The van der Waals surface area contributed by atoms with Gasteiger partial charge in [-0.2, -0.15) is 10.4 Å². The first-order valence-corrected chi connectivity index (χ1v) is 14.2. The quantitative estimate of drug-likeness (QED) is 0.284. The molecule has 10 nitrogen and oxygen atoms in total. The average molecular weight is 568 g/mol. The molecule has 0 spiro atoms. The molecule has 208 valence electrons. The number of pyridine rings is 1. The molecule has 2 aliphatic rings. The predicted octanol–water partition coefficient (Wildman–Crippen LogP) is 4.62. The van der Waals surface area contributed by atoms with E-state index in [1.54, 1.807) is 13.4 Å². The number of hydrogen-bond acceptors (Lipinski definition) is 8. The van der Waals surface area contributed by atoms with Crippen molar-refractivity contribution in [1.29, 1.82) is 5.26 Å². The molecule has 0 unspecified atom stereocenters. The Morgan fingerprint density at radius 2 is 2.02 bits per heavy atom. The lowest BCUT2D eigenvalue weighted by Gasteiger charge is -2.53. The zero-order valence-corrected chi connectivity index (χ0v) is 23.6. The molecule has 1 N–H and O–H groups in total. The first-order valence-electron chi connectivity index (χ1n) is 13.9. The number of piperidine rings is 1. The number of rotatable bonds is 7. The zero-order chi connectivity index (χ0) is 28.0. The van der Waals surface area contributed by atoms with E-state index in [9.17, 15) is 5.26 Å². The summed E-state index contributed by atoms with van der Waals surface area (Å²) in [5.74, 6) is 0.810. The number of halogens is 1. The average Bonchev–Trinajstić information content (AvgIpc) is 3.66. The van der Waals surface area contributed by atoms with Gasteiger partial charge >= 0.3 is 0 Å². The molecule has 1 aromatic carbocycles. The number of hydrogen-bond donors (Lipinski definition) is 1. The van der Waals surface area contributed by atoms with Gasteiger partial charge in [0.25, 0.3) is 0 Å². The van der Waals surface area contributed by atoms with Crippen LogP contribution >= 0.6 is 11.6 Å². The van der Waals surface area contributed by atoms with Crippen molar-refractivity contribution >= 4 is 33.5 Å². The van der Waals surface area contributed by atoms with E-state index in [-0.39, 0.29) is 5.54 Å². The molecule has 2 saturated heterocycles. The number of methoxy groups -OCH3 is 1. The van der Waals surface area contributed by atoms with Gasteiger partial charge in [-0.3, -0.25) is 14.5 Å². The molecule has 11 heteroatoms. The Morgan fingerprint density at radius 1 is 1.17 bits per heavy atom. The molecule has 2 aliphatic heterocycles. The third-order valence-corrected chi connectivity index (χ3v) is 8.96. The number of aromatic amines is 1. The van der Waals surface area contributed by atoms with Crippen LogP contribution in [0.2, 0.25) is 5.15 Å². The molecule has 4 aromatic heterocycles. The molecule has 5 aromatic rings. The summed E-state index contributed by atoms with van der Waals surface area (Å²) in [7, 11) is 1.68. The maximum atomic E-state index is 9.69. The topological polar surface area (TPSA) is 112 Å². The Morgan fingerprint density at radius 3 is 2.83 bits per heavy atom. The standard InChI is InChI=1S/C30H30ClN9O/c1-41-26-4-2-3-25-24(26)13-20(28(31)37-25)15-38-11-6-22(7-12-38)39-17-30(18-39,8-9-32)40-16-21(14-36-40)27-23-5-10-33-29(23)35-19-34-27/h2-5,10,13-14,16,19,22H,6-8,11-12,15,17-18H2,1H3,(H,33,34,35). The van der Waals surface area contributed by atoms with Gasteiger partial charge in [0.15, 0.2) is 0 Å².